The Labute approximate surface area is 331 Å². The van der Waals surface area contributed by atoms with E-state index in [2.05, 4.69) is 15.3 Å². The number of imide groups is 1. The van der Waals surface area contributed by atoms with Crippen LogP contribution in [0.2, 0.25) is 0 Å². The summed E-state index contributed by atoms with van der Waals surface area (Å²) in [5, 5.41) is 13.3. The highest BCUT2D eigenvalue weighted by atomic mass is 35.5. The summed E-state index contributed by atoms with van der Waals surface area (Å²) in [5.74, 6) is -2.03. The molecular formula is C37H39ClN10O9. The zero-order chi connectivity index (χ0) is 40.8. The molecule has 1 aliphatic rings. The molecule has 0 bridgehead atoms. The average molecular weight is 803 g/mol. The molecule has 1 atom stereocenters. The molecule has 1 aliphatic heterocycles. The van der Waals surface area contributed by atoms with Crippen molar-refractivity contribution >= 4 is 71.2 Å². The third-order valence-corrected chi connectivity index (χ3v) is 7.77. The van der Waals surface area contributed by atoms with Gasteiger partial charge >= 0.3 is 18.0 Å². The number of carbonyl (C=O) groups is 5. The highest BCUT2D eigenvalue weighted by Crippen LogP contribution is 2.27. The molecule has 0 aromatic heterocycles. The zero-order valence-electron chi connectivity index (χ0n) is 30.3. The molecular weight excluding hydrogens is 764 g/mol. The van der Waals surface area contributed by atoms with Gasteiger partial charge in [0.25, 0.3) is 17.5 Å². The number of nitro benzene ring substituents is 1. The molecule has 1 heterocycles. The summed E-state index contributed by atoms with van der Waals surface area (Å²) >= 11 is 0. The maximum absolute atomic E-state index is 12.9. The molecule has 1 unspecified atom stereocenters. The van der Waals surface area contributed by atoms with E-state index in [1.807, 2.05) is 0 Å². The minimum Gasteiger partial charge on any atom is -0.467 e. The van der Waals surface area contributed by atoms with E-state index in [0.29, 0.717) is 34.5 Å². The Bertz CT molecular complexity index is 2110. The third-order valence-electron chi connectivity index (χ3n) is 7.77. The summed E-state index contributed by atoms with van der Waals surface area (Å²) in [6.45, 7) is 0.360. The SMILES string of the molecule is COC(=O)C(c1ccccc1)N1C(=O)CN(CCCNC(=O)c2ccc(N=C(N)N)cc2)C1=O.Cl.NC(N)=Nc1ccc(C(=O)Oc2ccc([N+](=O)[O-])cc2)cc1. The predicted octanol–water partition coefficient (Wildman–Crippen LogP) is 3.03. The number of carbonyl (C=O) groups excluding carboxylic acids is 5. The quantitative estimate of drug-likeness (QED) is 0.0190. The lowest BCUT2D eigenvalue weighted by atomic mass is 10.1. The van der Waals surface area contributed by atoms with Gasteiger partial charge in [-0.1, -0.05) is 30.3 Å². The van der Waals surface area contributed by atoms with Crippen LogP contribution in [0.3, 0.4) is 0 Å². The van der Waals surface area contributed by atoms with E-state index in [1.165, 1.54) is 48.4 Å². The number of urea groups is 1. The van der Waals surface area contributed by atoms with E-state index in [-0.39, 0.29) is 61.3 Å². The molecule has 0 aliphatic carbocycles. The number of rotatable bonds is 13. The number of ether oxygens (including phenoxy) is 2. The molecule has 1 fully saturated rings. The Balaban J connectivity index is 0.000000328. The number of non-ortho nitro benzene ring substituents is 1. The highest BCUT2D eigenvalue weighted by molar-refractivity contribution is 6.05. The van der Waals surface area contributed by atoms with Gasteiger partial charge in [0, 0.05) is 30.8 Å². The minimum atomic E-state index is -1.15. The van der Waals surface area contributed by atoms with Crippen molar-refractivity contribution in [3.63, 3.8) is 0 Å². The van der Waals surface area contributed by atoms with E-state index < -0.39 is 34.8 Å². The van der Waals surface area contributed by atoms with Gasteiger partial charge in [-0.2, -0.15) is 0 Å². The Morgan fingerprint density at radius 1 is 0.825 bits per heavy atom. The fraction of sp³-hybridized carbons (Fsp3) is 0.162. The standard InChI is InChI=1S/C23H26N6O5.C14H12N4O4.ClH/c1-34-21(32)19(15-6-3-2-4-7-15)29-18(30)14-28(23(29)33)13-5-12-26-20(31)16-8-10-17(11-9-16)27-22(24)25;15-14(16)17-10-3-1-9(2-4-10)13(19)22-12-7-5-11(6-8-12)18(20)21;/h2-4,6-11,19H,5,12-14H2,1H3,(H,26,31)(H4,24,25,27);1-8H,(H4,15,16,17);1H. The number of esters is 2. The smallest absolute Gasteiger partial charge is 0.343 e. The van der Waals surface area contributed by atoms with Crippen molar-refractivity contribution in [2.24, 2.45) is 32.9 Å². The Hall–Kier alpha value is -7.54. The monoisotopic (exact) mass is 802 g/mol. The first-order chi connectivity index (χ1) is 26.8. The summed E-state index contributed by atoms with van der Waals surface area (Å²) in [4.78, 5) is 82.1. The van der Waals surface area contributed by atoms with Crippen LogP contribution in [-0.2, 0) is 14.3 Å². The second kappa shape index (κ2) is 20.8. The van der Waals surface area contributed by atoms with Gasteiger partial charge in [0.2, 0.25) is 0 Å². The molecule has 0 radical (unpaired) electrons. The fourth-order valence-corrected chi connectivity index (χ4v) is 5.17. The predicted molar refractivity (Wildman–Crippen MR) is 211 cm³/mol. The van der Waals surface area contributed by atoms with Crippen LogP contribution in [0.1, 0.15) is 38.7 Å². The van der Waals surface area contributed by atoms with Crippen molar-refractivity contribution in [3.05, 3.63) is 130 Å². The Morgan fingerprint density at radius 2 is 1.37 bits per heavy atom. The largest absolute Gasteiger partial charge is 0.467 e. The van der Waals surface area contributed by atoms with E-state index in [4.69, 9.17) is 32.4 Å². The molecule has 4 amide bonds. The van der Waals surface area contributed by atoms with Crippen LogP contribution < -0.4 is 33.0 Å². The fourth-order valence-electron chi connectivity index (χ4n) is 5.17. The van der Waals surface area contributed by atoms with Gasteiger partial charge < -0.3 is 42.6 Å². The maximum Gasteiger partial charge on any atom is 0.343 e. The topological polar surface area (TPSA) is 294 Å². The maximum atomic E-state index is 12.9. The van der Waals surface area contributed by atoms with E-state index in [1.54, 1.807) is 66.7 Å². The number of benzene rings is 4. The molecule has 20 heteroatoms. The van der Waals surface area contributed by atoms with E-state index in [9.17, 15) is 34.1 Å². The van der Waals surface area contributed by atoms with Crippen molar-refractivity contribution in [2.75, 3.05) is 26.7 Å². The van der Waals surface area contributed by atoms with E-state index >= 15 is 0 Å². The van der Waals surface area contributed by atoms with Crippen molar-refractivity contribution in [1.82, 2.24) is 15.1 Å². The van der Waals surface area contributed by atoms with Crippen LogP contribution in [0.5, 0.6) is 5.75 Å². The van der Waals surface area contributed by atoms with Crippen LogP contribution in [0, 0.1) is 10.1 Å². The van der Waals surface area contributed by atoms with Gasteiger partial charge in [-0.05, 0) is 72.6 Å². The van der Waals surface area contributed by atoms with Crippen LogP contribution in [-0.4, -0.2) is 83.2 Å². The summed E-state index contributed by atoms with van der Waals surface area (Å²) in [6.07, 6.45) is 0.416. The molecule has 0 saturated carbocycles. The molecule has 0 spiro atoms. The minimum absolute atomic E-state index is 0. The van der Waals surface area contributed by atoms with E-state index in [0.717, 1.165) is 4.90 Å². The number of nitrogens with zero attached hydrogens (tertiary/aromatic N) is 5. The van der Waals surface area contributed by atoms with Gasteiger partial charge in [0.15, 0.2) is 18.0 Å². The third kappa shape index (κ3) is 12.5. The van der Waals surface area contributed by atoms with Gasteiger partial charge in [-0.25, -0.2) is 29.3 Å². The van der Waals surface area contributed by atoms with Gasteiger partial charge in [-0.3, -0.25) is 19.7 Å². The first kappa shape index (κ1) is 43.9. The molecule has 4 aromatic carbocycles. The van der Waals surface area contributed by atoms with Crippen molar-refractivity contribution in [2.45, 2.75) is 12.5 Å². The number of amides is 4. The van der Waals surface area contributed by atoms with Crippen LogP contribution >= 0.6 is 12.4 Å². The van der Waals surface area contributed by atoms with Gasteiger partial charge in [0.1, 0.15) is 12.3 Å². The molecule has 298 valence electrons. The second-order valence-corrected chi connectivity index (χ2v) is 11.7. The highest BCUT2D eigenvalue weighted by Gasteiger charge is 2.44. The van der Waals surface area contributed by atoms with Crippen molar-refractivity contribution < 1.29 is 38.4 Å². The molecule has 19 nitrogen and oxygen atoms in total. The number of nitro groups is 1. The summed E-state index contributed by atoms with van der Waals surface area (Å²) in [7, 11) is 1.21. The normalized spacial score (nSPS) is 12.2. The van der Waals surface area contributed by atoms with Crippen molar-refractivity contribution in [3.8, 4) is 5.75 Å². The number of nitrogens with one attached hydrogen (secondary N) is 1. The zero-order valence-corrected chi connectivity index (χ0v) is 31.2. The van der Waals surface area contributed by atoms with Gasteiger partial charge in [-0.15, -0.1) is 12.4 Å². The number of methoxy groups -OCH3 is 1. The number of nitrogens with two attached hydrogens (primary N) is 4. The number of halogens is 1. The second-order valence-electron chi connectivity index (χ2n) is 11.7. The summed E-state index contributed by atoms with van der Waals surface area (Å²) in [6, 6.07) is 24.5. The lowest BCUT2D eigenvalue weighted by molar-refractivity contribution is -0.384. The van der Waals surface area contributed by atoms with Crippen LogP contribution in [0.25, 0.3) is 0 Å². The lowest BCUT2D eigenvalue weighted by Gasteiger charge is -2.24. The molecule has 57 heavy (non-hydrogen) atoms. The number of hydrogen-bond acceptors (Lipinski definition) is 11. The number of hydrogen-bond donors (Lipinski definition) is 5. The van der Waals surface area contributed by atoms with Gasteiger partial charge in [0.05, 0.1) is 29.0 Å². The first-order valence-electron chi connectivity index (χ1n) is 16.6. The van der Waals surface area contributed by atoms with Crippen LogP contribution in [0.4, 0.5) is 21.9 Å². The van der Waals surface area contributed by atoms with Crippen LogP contribution in [0.15, 0.2) is 113 Å². The Morgan fingerprint density at radius 3 is 1.88 bits per heavy atom. The van der Waals surface area contributed by atoms with Crippen molar-refractivity contribution in [1.29, 1.82) is 0 Å². The Kier molecular flexibility index (Phi) is 16.0. The number of guanidine groups is 2. The molecule has 1 saturated heterocycles. The first-order valence-corrected chi connectivity index (χ1v) is 16.6. The number of aliphatic imine (C=N–C) groups is 2. The molecule has 9 N–H and O–H groups in total. The summed E-state index contributed by atoms with van der Waals surface area (Å²) in [5.41, 5.74) is 23.3. The molecule has 5 rings (SSSR count). The summed E-state index contributed by atoms with van der Waals surface area (Å²) < 4.78 is 9.94. The molecule has 4 aromatic rings. The average Bonchev–Trinajstić information content (AvgIpc) is 3.45. The lowest BCUT2D eigenvalue weighted by Crippen LogP contribution is -2.41.